The Morgan fingerprint density at radius 3 is 2.82 bits per heavy atom. The predicted octanol–water partition coefficient (Wildman–Crippen LogP) is 0.462. The van der Waals surface area contributed by atoms with Crippen LogP contribution in [0.15, 0.2) is 24.5 Å². The van der Waals surface area contributed by atoms with Gasteiger partial charge in [0.05, 0.1) is 12.1 Å². The van der Waals surface area contributed by atoms with E-state index < -0.39 is 6.10 Å². The molecule has 1 aromatic heterocycles. The largest absolute Gasteiger partial charge is 0.391 e. The quantitative estimate of drug-likeness (QED) is 0.647. The van der Waals surface area contributed by atoms with Crippen molar-refractivity contribution in [2.24, 2.45) is 5.73 Å². The van der Waals surface area contributed by atoms with Crippen molar-refractivity contribution in [3.05, 3.63) is 30.1 Å². The van der Waals surface area contributed by atoms with Crippen LogP contribution in [0.25, 0.3) is 0 Å². The van der Waals surface area contributed by atoms with Gasteiger partial charge in [0.1, 0.15) is 0 Å². The molecule has 0 aliphatic heterocycles. The molecule has 0 spiro atoms. The Bertz CT molecular complexity index is 211. The molecule has 0 bridgehead atoms. The zero-order valence-corrected chi connectivity index (χ0v) is 6.44. The summed E-state index contributed by atoms with van der Waals surface area (Å²) in [6.07, 6.45) is 2.81. The lowest BCUT2D eigenvalue weighted by atomic mass is 10.1. The smallest absolute Gasteiger partial charge is 0.0705 e. The molecule has 60 valence electrons. The van der Waals surface area contributed by atoms with Crippen LogP contribution in [0.5, 0.6) is 0 Å². The SMILES string of the molecule is C[C@H](O)[C@@H](N)c1cccnc1. The molecule has 2 atom stereocenters. The minimum atomic E-state index is -0.529. The Morgan fingerprint density at radius 2 is 2.36 bits per heavy atom. The number of hydrogen-bond acceptors (Lipinski definition) is 3. The average molecular weight is 152 g/mol. The summed E-state index contributed by atoms with van der Waals surface area (Å²) in [4.78, 5) is 3.90. The summed E-state index contributed by atoms with van der Waals surface area (Å²) in [5.74, 6) is 0. The topological polar surface area (TPSA) is 59.1 Å². The van der Waals surface area contributed by atoms with Gasteiger partial charge in [-0.05, 0) is 18.6 Å². The van der Waals surface area contributed by atoms with E-state index in [-0.39, 0.29) is 6.04 Å². The van der Waals surface area contributed by atoms with Crippen LogP contribution in [0.4, 0.5) is 0 Å². The minimum Gasteiger partial charge on any atom is -0.391 e. The summed E-state index contributed by atoms with van der Waals surface area (Å²) in [5.41, 5.74) is 6.51. The normalized spacial score (nSPS) is 15.9. The number of pyridine rings is 1. The zero-order valence-electron chi connectivity index (χ0n) is 6.44. The molecule has 1 heterocycles. The number of nitrogens with two attached hydrogens (primary N) is 1. The van der Waals surface area contributed by atoms with Crippen molar-refractivity contribution in [2.75, 3.05) is 0 Å². The van der Waals surface area contributed by atoms with Gasteiger partial charge in [0.15, 0.2) is 0 Å². The van der Waals surface area contributed by atoms with E-state index in [9.17, 15) is 0 Å². The standard InChI is InChI=1S/C8H12N2O/c1-6(11)8(9)7-3-2-4-10-5-7/h2-6,8,11H,9H2,1H3/t6-,8+/m0/s1. The second-order valence-electron chi connectivity index (χ2n) is 2.55. The van der Waals surface area contributed by atoms with Gasteiger partial charge in [0, 0.05) is 12.4 Å². The van der Waals surface area contributed by atoms with Crippen LogP contribution in [0.1, 0.15) is 18.5 Å². The van der Waals surface area contributed by atoms with E-state index in [2.05, 4.69) is 4.98 Å². The van der Waals surface area contributed by atoms with Crippen molar-refractivity contribution in [3.8, 4) is 0 Å². The molecule has 0 fully saturated rings. The molecular weight excluding hydrogens is 140 g/mol. The number of aliphatic hydroxyl groups is 1. The first-order chi connectivity index (χ1) is 5.22. The van der Waals surface area contributed by atoms with Gasteiger partial charge in [-0.3, -0.25) is 4.98 Å². The molecule has 3 nitrogen and oxygen atoms in total. The van der Waals surface area contributed by atoms with Crippen molar-refractivity contribution >= 4 is 0 Å². The first-order valence-electron chi connectivity index (χ1n) is 3.55. The van der Waals surface area contributed by atoms with Gasteiger partial charge in [-0.25, -0.2) is 0 Å². The maximum Gasteiger partial charge on any atom is 0.0705 e. The van der Waals surface area contributed by atoms with Crippen LogP contribution in [0.3, 0.4) is 0 Å². The van der Waals surface area contributed by atoms with E-state index >= 15 is 0 Å². The van der Waals surface area contributed by atoms with Crippen LogP contribution in [0.2, 0.25) is 0 Å². The zero-order chi connectivity index (χ0) is 8.27. The van der Waals surface area contributed by atoms with Crippen LogP contribution >= 0.6 is 0 Å². The maximum absolute atomic E-state index is 9.12. The second-order valence-corrected chi connectivity index (χ2v) is 2.55. The monoisotopic (exact) mass is 152 g/mol. The van der Waals surface area contributed by atoms with Crippen LogP contribution < -0.4 is 5.73 Å². The third kappa shape index (κ3) is 2.00. The lowest BCUT2D eigenvalue weighted by molar-refractivity contribution is 0.164. The number of rotatable bonds is 2. The van der Waals surface area contributed by atoms with Crippen LogP contribution in [-0.2, 0) is 0 Å². The van der Waals surface area contributed by atoms with Crippen LogP contribution in [-0.4, -0.2) is 16.2 Å². The lowest BCUT2D eigenvalue weighted by Gasteiger charge is -2.13. The van der Waals surface area contributed by atoms with Crippen molar-refractivity contribution in [3.63, 3.8) is 0 Å². The van der Waals surface area contributed by atoms with Gasteiger partial charge in [0.2, 0.25) is 0 Å². The van der Waals surface area contributed by atoms with E-state index in [0.29, 0.717) is 0 Å². The van der Waals surface area contributed by atoms with Gasteiger partial charge in [0.25, 0.3) is 0 Å². The summed E-state index contributed by atoms with van der Waals surface area (Å²) in [7, 11) is 0. The van der Waals surface area contributed by atoms with Crippen molar-refractivity contribution in [1.82, 2.24) is 4.98 Å². The summed E-state index contributed by atoms with van der Waals surface area (Å²) in [6.45, 7) is 1.66. The molecule has 11 heavy (non-hydrogen) atoms. The van der Waals surface area contributed by atoms with E-state index in [1.165, 1.54) is 0 Å². The molecule has 1 rings (SSSR count). The summed E-state index contributed by atoms with van der Waals surface area (Å²) in [6, 6.07) is 3.32. The van der Waals surface area contributed by atoms with Gasteiger partial charge in [-0.1, -0.05) is 6.07 Å². The Labute approximate surface area is 65.9 Å². The molecule has 0 radical (unpaired) electrons. The van der Waals surface area contributed by atoms with E-state index in [0.717, 1.165) is 5.56 Å². The van der Waals surface area contributed by atoms with Gasteiger partial charge in [-0.2, -0.15) is 0 Å². The van der Waals surface area contributed by atoms with Gasteiger partial charge < -0.3 is 10.8 Å². The van der Waals surface area contributed by atoms with E-state index in [1.807, 2.05) is 6.07 Å². The fourth-order valence-corrected chi connectivity index (χ4v) is 0.852. The fraction of sp³-hybridized carbons (Fsp3) is 0.375. The molecule has 0 aliphatic carbocycles. The molecule has 0 saturated heterocycles. The van der Waals surface area contributed by atoms with Crippen molar-refractivity contribution in [1.29, 1.82) is 0 Å². The molecule has 0 aliphatic rings. The highest BCUT2D eigenvalue weighted by Gasteiger charge is 2.10. The van der Waals surface area contributed by atoms with Gasteiger partial charge in [-0.15, -0.1) is 0 Å². The summed E-state index contributed by atoms with van der Waals surface area (Å²) >= 11 is 0. The Hall–Kier alpha value is -0.930. The molecule has 0 saturated carbocycles. The number of aromatic nitrogens is 1. The Balaban J connectivity index is 2.77. The van der Waals surface area contributed by atoms with E-state index in [1.54, 1.807) is 25.4 Å². The van der Waals surface area contributed by atoms with Crippen molar-refractivity contribution < 1.29 is 5.11 Å². The highest BCUT2D eigenvalue weighted by atomic mass is 16.3. The molecule has 3 heteroatoms. The predicted molar refractivity (Wildman–Crippen MR) is 42.8 cm³/mol. The number of hydrogen-bond donors (Lipinski definition) is 2. The summed E-state index contributed by atoms with van der Waals surface area (Å²) < 4.78 is 0. The first-order valence-corrected chi connectivity index (χ1v) is 3.55. The Morgan fingerprint density at radius 1 is 1.64 bits per heavy atom. The van der Waals surface area contributed by atoms with Gasteiger partial charge >= 0.3 is 0 Å². The lowest BCUT2D eigenvalue weighted by Crippen LogP contribution is -2.23. The molecular formula is C8H12N2O. The Kier molecular flexibility index (Phi) is 2.57. The molecule has 1 aromatic rings. The van der Waals surface area contributed by atoms with E-state index in [4.69, 9.17) is 10.8 Å². The number of nitrogens with zero attached hydrogens (tertiary/aromatic N) is 1. The first kappa shape index (κ1) is 8.17. The van der Waals surface area contributed by atoms with Crippen molar-refractivity contribution in [2.45, 2.75) is 19.1 Å². The fourth-order valence-electron chi connectivity index (χ4n) is 0.852. The number of aliphatic hydroxyl groups excluding tert-OH is 1. The third-order valence-corrected chi connectivity index (χ3v) is 1.59. The van der Waals surface area contributed by atoms with Crippen LogP contribution in [0, 0.1) is 0 Å². The third-order valence-electron chi connectivity index (χ3n) is 1.59. The molecule has 3 N–H and O–H groups in total. The molecule has 0 unspecified atom stereocenters. The maximum atomic E-state index is 9.12. The summed E-state index contributed by atoms with van der Waals surface area (Å²) in [5, 5.41) is 9.12. The minimum absolute atomic E-state index is 0.330. The second kappa shape index (κ2) is 3.46. The highest BCUT2D eigenvalue weighted by Crippen LogP contribution is 2.11. The average Bonchev–Trinajstić information content (AvgIpc) is 2.05. The molecule has 0 amide bonds. The molecule has 0 aromatic carbocycles. The highest BCUT2D eigenvalue weighted by molar-refractivity contribution is 5.14.